The Bertz CT molecular complexity index is 860. The first-order valence-corrected chi connectivity index (χ1v) is 7.90. The van der Waals surface area contributed by atoms with Crippen LogP contribution in [0.4, 0.5) is 4.39 Å². The summed E-state index contributed by atoms with van der Waals surface area (Å²) >= 11 is 0. The van der Waals surface area contributed by atoms with Gasteiger partial charge in [0.15, 0.2) is 6.61 Å². The van der Waals surface area contributed by atoms with E-state index < -0.39 is 30.1 Å². The summed E-state index contributed by atoms with van der Waals surface area (Å²) in [5.74, 6) is -2.86. The molecule has 138 valence electrons. The van der Waals surface area contributed by atoms with Gasteiger partial charge in [-0.05, 0) is 31.5 Å². The number of carbonyl (C=O) groups is 3. The summed E-state index contributed by atoms with van der Waals surface area (Å²) in [6.45, 7) is 2.86. The van der Waals surface area contributed by atoms with E-state index in [1.165, 1.54) is 28.8 Å². The van der Waals surface area contributed by atoms with Crippen molar-refractivity contribution < 1.29 is 23.5 Å². The van der Waals surface area contributed by atoms with Crippen LogP contribution in [0.3, 0.4) is 0 Å². The lowest BCUT2D eigenvalue weighted by molar-refractivity contribution is -0.147. The minimum atomic E-state index is -1.11. The number of aromatic nitrogens is 2. The van der Waals surface area contributed by atoms with Gasteiger partial charge in [-0.3, -0.25) is 14.3 Å². The Labute approximate surface area is 150 Å². The first-order chi connectivity index (χ1) is 12.2. The van der Waals surface area contributed by atoms with Gasteiger partial charge in [0.05, 0.1) is 11.3 Å². The molecule has 1 amide bonds. The van der Waals surface area contributed by atoms with E-state index in [-0.39, 0.29) is 12.1 Å². The average Bonchev–Trinajstić information content (AvgIpc) is 2.83. The number of likely N-dealkylation sites (N-methyl/N-ethyl adjacent to an activating group) is 1. The Morgan fingerprint density at radius 3 is 2.54 bits per heavy atom. The Morgan fingerprint density at radius 2 is 1.96 bits per heavy atom. The van der Waals surface area contributed by atoms with E-state index >= 15 is 0 Å². The molecule has 0 aliphatic heterocycles. The van der Waals surface area contributed by atoms with Gasteiger partial charge in [-0.2, -0.15) is 5.10 Å². The maximum atomic E-state index is 13.2. The second-order valence-electron chi connectivity index (χ2n) is 5.95. The molecule has 0 fully saturated rings. The number of halogens is 1. The molecule has 1 aromatic carbocycles. The van der Waals surface area contributed by atoms with Crippen molar-refractivity contribution in [2.24, 2.45) is 7.05 Å². The van der Waals surface area contributed by atoms with E-state index in [4.69, 9.17) is 4.74 Å². The smallest absolute Gasteiger partial charge is 0.380 e. The van der Waals surface area contributed by atoms with Crippen molar-refractivity contribution in [2.75, 3.05) is 13.7 Å². The molecule has 0 bridgehead atoms. The third-order valence-electron chi connectivity index (χ3n) is 3.98. The molecule has 0 unspecified atom stereocenters. The van der Waals surface area contributed by atoms with Gasteiger partial charge in [0.2, 0.25) is 0 Å². The fourth-order valence-corrected chi connectivity index (χ4v) is 2.50. The quantitative estimate of drug-likeness (QED) is 0.443. The summed E-state index contributed by atoms with van der Waals surface area (Å²) in [7, 11) is 3.16. The highest BCUT2D eigenvalue weighted by molar-refractivity contribution is 6.41. The molecule has 0 aliphatic rings. The zero-order chi connectivity index (χ0) is 19.4. The fourth-order valence-electron chi connectivity index (χ4n) is 2.50. The van der Waals surface area contributed by atoms with Crippen LogP contribution in [0.2, 0.25) is 0 Å². The van der Waals surface area contributed by atoms with Gasteiger partial charge in [-0.1, -0.05) is 12.1 Å². The van der Waals surface area contributed by atoms with Crippen LogP contribution in [-0.2, 0) is 27.9 Å². The van der Waals surface area contributed by atoms with Gasteiger partial charge >= 0.3 is 5.97 Å². The Kier molecular flexibility index (Phi) is 5.86. The highest BCUT2D eigenvalue weighted by atomic mass is 19.1. The van der Waals surface area contributed by atoms with E-state index in [0.717, 1.165) is 0 Å². The molecule has 0 aliphatic carbocycles. The summed E-state index contributed by atoms with van der Waals surface area (Å²) < 4.78 is 19.5. The third kappa shape index (κ3) is 4.33. The van der Waals surface area contributed by atoms with Crippen LogP contribution in [-0.4, -0.2) is 46.0 Å². The number of hydrogen-bond acceptors (Lipinski definition) is 5. The number of hydrogen-bond donors (Lipinski definition) is 0. The van der Waals surface area contributed by atoms with Crippen LogP contribution in [0.25, 0.3) is 0 Å². The van der Waals surface area contributed by atoms with Crippen LogP contribution in [0.5, 0.6) is 0 Å². The normalized spacial score (nSPS) is 10.5. The lowest BCUT2D eigenvalue weighted by atomic mass is 10.1. The molecule has 0 spiro atoms. The van der Waals surface area contributed by atoms with Crippen molar-refractivity contribution in [2.45, 2.75) is 20.4 Å². The predicted molar refractivity (Wildman–Crippen MR) is 90.8 cm³/mol. The Morgan fingerprint density at radius 1 is 1.27 bits per heavy atom. The lowest BCUT2D eigenvalue weighted by Gasteiger charge is -2.17. The molecule has 2 rings (SSSR count). The number of ether oxygens (including phenoxy) is 1. The maximum absolute atomic E-state index is 13.2. The predicted octanol–water partition coefficient (Wildman–Crippen LogP) is 1.56. The number of nitrogens with zero attached hydrogens (tertiary/aromatic N) is 3. The zero-order valence-electron chi connectivity index (χ0n) is 15.1. The van der Waals surface area contributed by atoms with Gasteiger partial charge in [-0.25, -0.2) is 9.18 Å². The van der Waals surface area contributed by atoms with Crippen molar-refractivity contribution in [1.29, 1.82) is 0 Å². The molecule has 8 heteroatoms. The number of aryl methyl sites for hydroxylation is 2. The number of Topliss-reactive ketones (excluding diaryl/α,β-unsaturated/α-hetero) is 1. The number of rotatable bonds is 6. The molecule has 0 N–H and O–H groups in total. The fraction of sp³-hybridized carbons (Fsp3) is 0.333. The highest BCUT2D eigenvalue weighted by Crippen LogP contribution is 2.13. The van der Waals surface area contributed by atoms with Crippen molar-refractivity contribution >= 4 is 17.7 Å². The number of benzene rings is 1. The second kappa shape index (κ2) is 7.90. The molecular formula is C18H20FN3O4. The largest absolute Gasteiger partial charge is 0.450 e. The van der Waals surface area contributed by atoms with Crippen molar-refractivity contribution in [1.82, 2.24) is 14.7 Å². The molecule has 7 nitrogen and oxygen atoms in total. The van der Waals surface area contributed by atoms with E-state index in [1.54, 1.807) is 33.0 Å². The van der Waals surface area contributed by atoms with Gasteiger partial charge in [0.25, 0.3) is 11.7 Å². The first kappa shape index (κ1) is 19.3. The minimum absolute atomic E-state index is 0.156. The van der Waals surface area contributed by atoms with Crippen molar-refractivity contribution in [3.63, 3.8) is 0 Å². The third-order valence-corrected chi connectivity index (χ3v) is 3.98. The minimum Gasteiger partial charge on any atom is -0.450 e. The molecule has 2 aromatic rings. The van der Waals surface area contributed by atoms with E-state index in [2.05, 4.69) is 5.10 Å². The lowest BCUT2D eigenvalue weighted by Crippen LogP contribution is -2.32. The number of amides is 1. The summed E-state index contributed by atoms with van der Waals surface area (Å²) in [5.41, 5.74) is 1.74. The zero-order valence-corrected chi connectivity index (χ0v) is 15.1. The van der Waals surface area contributed by atoms with Crippen LogP contribution in [0, 0.1) is 19.7 Å². The molecule has 1 aromatic heterocycles. The molecule has 0 radical (unpaired) electrons. The average molecular weight is 361 g/mol. The second-order valence-corrected chi connectivity index (χ2v) is 5.95. The summed E-state index contributed by atoms with van der Waals surface area (Å²) in [6.07, 6.45) is 0. The summed E-state index contributed by atoms with van der Waals surface area (Å²) in [4.78, 5) is 37.5. The summed E-state index contributed by atoms with van der Waals surface area (Å²) in [5, 5.41) is 4.07. The van der Waals surface area contributed by atoms with Gasteiger partial charge < -0.3 is 9.64 Å². The Hall–Kier alpha value is -3.03. The van der Waals surface area contributed by atoms with Crippen LogP contribution >= 0.6 is 0 Å². The molecule has 0 atom stereocenters. The van der Waals surface area contributed by atoms with Gasteiger partial charge in [0.1, 0.15) is 5.82 Å². The first-order valence-electron chi connectivity index (χ1n) is 7.90. The van der Waals surface area contributed by atoms with Gasteiger partial charge in [-0.15, -0.1) is 0 Å². The number of ketones is 1. The van der Waals surface area contributed by atoms with Crippen molar-refractivity contribution in [3.05, 3.63) is 52.6 Å². The van der Waals surface area contributed by atoms with Crippen LogP contribution in [0.15, 0.2) is 24.3 Å². The van der Waals surface area contributed by atoms with E-state index in [1.807, 2.05) is 0 Å². The van der Waals surface area contributed by atoms with E-state index in [9.17, 15) is 18.8 Å². The molecule has 0 saturated heterocycles. The molecule has 0 saturated carbocycles. The summed E-state index contributed by atoms with van der Waals surface area (Å²) in [6, 6.07) is 5.84. The maximum Gasteiger partial charge on any atom is 0.380 e. The SMILES string of the molecule is Cc1nn(C)c(C)c1C(=O)C(=O)OCC(=O)N(C)Cc1cccc(F)c1. The van der Waals surface area contributed by atoms with E-state index in [0.29, 0.717) is 17.0 Å². The molecular weight excluding hydrogens is 341 g/mol. The number of carbonyl (C=O) groups excluding carboxylic acids is 3. The van der Waals surface area contributed by atoms with Crippen molar-refractivity contribution in [3.8, 4) is 0 Å². The Balaban J connectivity index is 1.93. The monoisotopic (exact) mass is 361 g/mol. The van der Waals surface area contributed by atoms with Crippen LogP contribution < -0.4 is 0 Å². The molecule has 1 heterocycles. The standard InChI is InChI=1S/C18H20FN3O4/c1-11-16(12(2)22(4)20-11)17(24)18(25)26-10-15(23)21(3)9-13-6-5-7-14(19)8-13/h5-8H,9-10H2,1-4H3. The highest BCUT2D eigenvalue weighted by Gasteiger charge is 2.26. The van der Waals surface area contributed by atoms with Gasteiger partial charge in [0, 0.05) is 26.3 Å². The number of esters is 1. The topological polar surface area (TPSA) is 81.5 Å². The molecule has 26 heavy (non-hydrogen) atoms. The van der Waals surface area contributed by atoms with Crippen LogP contribution in [0.1, 0.15) is 27.3 Å².